The molecule has 0 saturated heterocycles. The standard InChI is InChI=1S/C12H12F3N5O2S/c1-20(2)11-18-7(3-8(21)19-11)9(22)16-4-6-5-23-10(17-6)12(13,14)15/h3,5H,4H2,1-2H3,(H,16,22)(H,18,19,21). The number of rotatable bonds is 4. The van der Waals surface area contributed by atoms with Gasteiger partial charge in [0, 0.05) is 25.5 Å². The summed E-state index contributed by atoms with van der Waals surface area (Å²) in [5.74, 6) is -0.489. The van der Waals surface area contributed by atoms with Crippen LogP contribution in [0.25, 0.3) is 0 Å². The first-order chi connectivity index (χ1) is 10.7. The number of nitrogens with zero attached hydrogens (tertiary/aromatic N) is 3. The van der Waals surface area contributed by atoms with Crippen LogP contribution in [0.5, 0.6) is 0 Å². The van der Waals surface area contributed by atoms with E-state index >= 15 is 0 Å². The molecule has 0 spiro atoms. The molecule has 11 heteroatoms. The van der Waals surface area contributed by atoms with Crippen LogP contribution in [0, 0.1) is 0 Å². The number of aromatic nitrogens is 3. The van der Waals surface area contributed by atoms with Crippen LogP contribution in [-0.2, 0) is 12.7 Å². The van der Waals surface area contributed by atoms with Crippen LogP contribution in [0.4, 0.5) is 19.1 Å². The van der Waals surface area contributed by atoms with Gasteiger partial charge in [0.1, 0.15) is 5.69 Å². The van der Waals surface area contributed by atoms with Gasteiger partial charge in [-0.15, -0.1) is 11.3 Å². The van der Waals surface area contributed by atoms with E-state index in [0.29, 0.717) is 11.3 Å². The predicted molar refractivity (Wildman–Crippen MR) is 77.5 cm³/mol. The Morgan fingerprint density at radius 2 is 2.09 bits per heavy atom. The van der Waals surface area contributed by atoms with Crippen molar-refractivity contribution in [2.75, 3.05) is 19.0 Å². The Morgan fingerprint density at radius 3 is 2.65 bits per heavy atom. The SMILES string of the molecule is CN(C)c1nc(C(=O)NCc2csc(C(F)(F)F)n2)cc(=O)[nH]1. The van der Waals surface area contributed by atoms with Gasteiger partial charge in [0.05, 0.1) is 12.2 Å². The third-order valence-corrected chi connectivity index (χ3v) is 3.55. The molecule has 0 saturated carbocycles. The van der Waals surface area contributed by atoms with Crippen LogP contribution in [0.2, 0.25) is 0 Å². The zero-order valence-corrected chi connectivity index (χ0v) is 12.9. The summed E-state index contributed by atoms with van der Waals surface area (Å²) in [7, 11) is 3.27. The zero-order chi connectivity index (χ0) is 17.2. The Labute approximate surface area is 132 Å². The van der Waals surface area contributed by atoms with Crippen LogP contribution < -0.4 is 15.8 Å². The minimum absolute atomic E-state index is 0.0772. The second-order valence-corrected chi connectivity index (χ2v) is 5.53. The number of thiazole rings is 1. The maximum atomic E-state index is 12.4. The molecule has 2 rings (SSSR count). The van der Waals surface area contributed by atoms with Gasteiger partial charge in [0.25, 0.3) is 11.5 Å². The third kappa shape index (κ3) is 4.28. The second-order valence-electron chi connectivity index (χ2n) is 4.67. The van der Waals surface area contributed by atoms with E-state index in [9.17, 15) is 22.8 Å². The van der Waals surface area contributed by atoms with Crippen LogP contribution in [0.1, 0.15) is 21.2 Å². The van der Waals surface area contributed by atoms with E-state index in [1.165, 1.54) is 10.3 Å². The molecule has 7 nitrogen and oxygen atoms in total. The molecule has 0 aliphatic heterocycles. The first-order valence-electron chi connectivity index (χ1n) is 6.25. The summed E-state index contributed by atoms with van der Waals surface area (Å²) in [6.45, 7) is -0.197. The number of alkyl halides is 3. The second kappa shape index (κ2) is 6.36. The van der Waals surface area contributed by atoms with Crippen LogP contribution in [-0.4, -0.2) is 35.0 Å². The summed E-state index contributed by atoms with van der Waals surface area (Å²) in [4.78, 5) is 34.7. The summed E-state index contributed by atoms with van der Waals surface area (Å²) in [6, 6.07) is 1.00. The summed E-state index contributed by atoms with van der Waals surface area (Å²) in [5, 5.41) is 2.60. The van der Waals surface area contributed by atoms with Gasteiger partial charge in [-0.25, -0.2) is 9.97 Å². The van der Waals surface area contributed by atoms with E-state index in [0.717, 1.165) is 6.07 Å². The Kier molecular flexibility index (Phi) is 4.68. The first kappa shape index (κ1) is 16.9. The first-order valence-corrected chi connectivity index (χ1v) is 7.13. The molecule has 0 fully saturated rings. The lowest BCUT2D eigenvalue weighted by molar-refractivity contribution is -0.137. The van der Waals surface area contributed by atoms with Crippen molar-refractivity contribution in [3.63, 3.8) is 0 Å². The molecule has 1 amide bonds. The Balaban J connectivity index is 2.08. The third-order valence-electron chi connectivity index (χ3n) is 2.61. The fourth-order valence-corrected chi connectivity index (χ4v) is 2.24. The van der Waals surface area contributed by atoms with Gasteiger partial charge in [-0.2, -0.15) is 13.2 Å². The molecule has 0 aliphatic rings. The Morgan fingerprint density at radius 1 is 1.39 bits per heavy atom. The number of hydrogen-bond donors (Lipinski definition) is 2. The fourth-order valence-electron chi connectivity index (χ4n) is 1.55. The zero-order valence-electron chi connectivity index (χ0n) is 12.1. The largest absolute Gasteiger partial charge is 0.443 e. The number of aromatic amines is 1. The molecule has 124 valence electrons. The molecule has 0 unspecified atom stereocenters. The van der Waals surface area contributed by atoms with Crippen molar-refractivity contribution >= 4 is 23.2 Å². The van der Waals surface area contributed by atoms with E-state index in [-0.39, 0.29) is 23.9 Å². The van der Waals surface area contributed by atoms with E-state index in [1.54, 1.807) is 14.1 Å². The van der Waals surface area contributed by atoms with Gasteiger partial charge >= 0.3 is 6.18 Å². The average Bonchev–Trinajstić information content (AvgIpc) is 2.93. The predicted octanol–water partition coefficient (Wildman–Crippen LogP) is 1.24. The lowest BCUT2D eigenvalue weighted by Gasteiger charge is -2.11. The molecule has 2 N–H and O–H groups in total. The maximum Gasteiger partial charge on any atom is 0.443 e. The van der Waals surface area contributed by atoms with Crippen molar-refractivity contribution < 1.29 is 18.0 Å². The number of anilines is 1. The van der Waals surface area contributed by atoms with Gasteiger partial charge in [0.15, 0.2) is 5.01 Å². The van der Waals surface area contributed by atoms with Crippen LogP contribution in [0.3, 0.4) is 0 Å². The molecule has 2 aromatic rings. The highest BCUT2D eigenvalue weighted by Crippen LogP contribution is 2.31. The molecule has 2 heterocycles. The quantitative estimate of drug-likeness (QED) is 0.868. The lowest BCUT2D eigenvalue weighted by atomic mass is 10.3. The fraction of sp³-hybridized carbons (Fsp3) is 0.333. The lowest BCUT2D eigenvalue weighted by Crippen LogP contribution is -2.28. The minimum atomic E-state index is -4.51. The van der Waals surface area contributed by atoms with E-state index in [4.69, 9.17) is 0 Å². The number of nitrogens with one attached hydrogen (secondary N) is 2. The minimum Gasteiger partial charge on any atom is -0.348 e. The summed E-state index contributed by atoms with van der Waals surface area (Å²) >= 11 is 0.448. The summed E-state index contributed by atoms with van der Waals surface area (Å²) < 4.78 is 37.3. The topological polar surface area (TPSA) is 91.0 Å². The van der Waals surface area contributed by atoms with Crippen molar-refractivity contribution in [3.8, 4) is 0 Å². The van der Waals surface area contributed by atoms with Crippen molar-refractivity contribution in [1.29, 1.82) is 0 Å². The molecule has 0 aliphatic carbocycles. The smallest absolute Gasteiger partial charge is 0.348 e. The average molecular weight is 347 g/mol. The van der Waals surface area contributed by atoms with Crippen molar-refractivity contribution in [3.05, 3.63) is 38.2 Å². The monoisotopic (exact) mass is 347 g/mol. The molecular formula is C12H12F3N5O2S. The summed E-state index contributed by atoms with van der Waals surface area (Å²) in [6.07, 6.45) is -4.51. The van der Waals surface area contributed by atoms with Gasteiger partial charge in [-0.1, -0.05) is 0 Å². The van der Waals surface area contributed by atoms with Crippen molar-refractivity contribution in [1.82, 2.24) is 20.3 Å². The highest BCUT2D eigenvalue weighted by Gasteiger charge is 2.34. The number of carbonyl (C=O) groups is 1. The van der Waals surface area contributed by atoms with Crippen molar-refractivity contribution in [2.24, 2.45) is 0 Å². The van der Waals surface area contributed by atoms with Gasteiger partial charge < -0.3 is 10.2 Å². The van der Waals surface area contributed by atoms with E-state index in [2.05, 4.69) is 20.3 Å². The Hall–Kier alpha value is -2.43. The molecule has 0 radical (unpaired) electrons. The van der Waals surface area contributed by atoms with Crippen LogP contribution in [0.15, 0.2) is 16.2 Å². The molecule has 0 bridgehead atoms. The summed E-state index contributed by atoms with van der Waals surface area (Å²) in [5.41, 5.74) is -0.570. The number of hydrogen-bond acceptors (Lipinski definition) is 6. The number of H-pyrrole nitrogens is 1. The molecule has 0 atom stereocenters. The highest BCUT2D eigenvalue weighted by molar-refractivity contribution is 7.09. The molecule has 2 aromatic heterocycles. The van der Waals surface area contributed by atoms with E-state index in [1.807, 2.05) is 0 Å². The normalized spacial score (nSPS) is 11.3. The van der Waals surface area contributed by atoms with Crippen molar-refractivity contribution in [2.45, 2.75) is 12.7 Å². The molecule has 0 aromatic carbocycles. The van der Waals surface area contributed by atoms with Gasteiger partial charge in [-0.3, -0.25) is 14.6 Å². The Bertz CT molecular complexity index is 769. The van der Waals surface area contributed by atoms with Gasteiger partial charge in [-0.05, 0) is 0 Å². The molecular weight excluding hydrogens is 335 g/mol. The highest BCUT2D eigenvalue weighted by atomic mass is 32.1. The number of halogens is 3. The number of amides is 1. The van der Waals surface area contributed by atoms with Crippen LogP contribution >= 0.6 is 11.3 Å². The maximum absolute atomic E-state index is 12.4. The van der Waals surface area contributed by atoms with Gasteiger partial charge in [0.2, 0.25) is 5.95 Å². The van der Waals surface area contributed by atoms with E-state index < -0.39 is 22.7 Å². The molecule has 23 heavy (non-hydrogen) atoms. The number of carbonyl (C=O) groups excluding carboxylic acids is 1.